The van der Waals surface area contributed by atoms with Crippen LogP contribution >= 0.6 is 0 Å². The summed E-state index contributed by atoms with van der Waals surface area (Å²) in [6.07, 6.45) is -1.96. The van der Waals surface area contributed by atoms with Gasteiger partial charge in [-0.2, -0.15) is 0 Å². The van der Waals surface area contributed by atoms with Crippen LogP contribution in [0.3, 0.4) is 0 Å². The van der Waals surface area contributed by atoms with Crippen LogP contribution in [0.25, 0.3) is 10.9 Å². The fraction of sp³-hybridized carbons (Fsp3) is 0.152. The number of H-pyrrole nitrogens is 1. The molecule has 0 aliphatic heterocycles. The fourth-order valence-electron chi connectivity index (χ4n) is 4.92. The van der Waals surface area contributed by atoms with Gasteiger partial charge in [0.25, 0.3) is 0 Å². The Morgan fingerprint density at radius 2 is 1.62 bits per heavy atom. The van der Waals surface area contributed by atoms with Gasteiger partial charge in [0.05, 0.1) is 17.7 Å². The van der Waals surface area contributed by atoms with Crippen LogP contribution in [0.5, 0.6) is 11.5 Å². The third-order valence-corrected chi connectivity index (χ3v) is 6.92. The van der Waals surface area contributed by atoms with E-state index < -0.39 is 18.2 Å². The van der Waals surface area contributed by atoms with Gasteiger partial charge < -0.3 is 35.7 Å². The van der Waals surface area contributed by atoms with Gasteiger partial charge in [-0.1, -0.05) is 72.8 Å². The maximum atomic E-state index is 11.7. The lowest BCUT2D eigenvalue weighted by Gasteiger charge is -2.19. The van der Waals surface area contributed by atoms with E-state index in [9.17, 15) is 24.9 Å². The molecule has 9 heteroatoms. The summed E-state index contributed by atoms with van der Waals surface area (Å²) >= 11 is 0. The molecule has 42 heavy (non-hydrogen) atoms. The Hall–Kier alpha value is -5.12. The molecule has 0 bridgehead atoms. The molecule has 1 amide bonds. The van der Waals surface area contributed by atoms with Crippen molar-refractivity contribution in [2.75, 3.05) is 6.54 Å². The number of pyridine rings is 1. The Kier molecular flexibility index (Phi) is 8.81. The lowest BCUT2D eigenvalue weighted by molar-refractivity contribution is 0.176. The monoisotopic (exact) mass is 565 g/mol. The van der Waals surface area contributed by atoms with E-state index in [0.717, 1.165) is 22.3 Å². The molecule has 0 fully saturated rings. The van der Waals surface area contributed by atoms with Gasteiger partial charge in [-0.25, -0.2) is 4.79 Å². The highest BCUT2D eigenvalue weighted by molar-refractivity contribution is 5.87. The Bertz CT molecular complexity index is 1740. The number of ether oxygens (including phenoxy) is 1. The van der Waals surface area contributed by atoms with Crippen molar-refractivity contribution in [2.45, 2.75) is 25.3 Å². The van der Waals surface area contributed by atoms with Crippen LogP contribution in [-0.4, -0.2) is 32.9 Å². The first-order valence-corrected chi connectivity index (χ1v) is 13.5. The minimum atomic E-state index is -1.11. The third kappa shape index (κ3) is 6.95. The molecule has 1 aromatic heterocycles. The van der Waals surface area contributed by atoms with Crippen molar-refractivity contribution >= 4 is 17.0 Å². The molecular formula is C33H31N3O6. The molecule has 0 radical (unpaired) electrons. The molecule has 1 heterocycles. The Labute approximate surface area is 242 Å². The van der Waals surface area contributed by atoms with Crippen LogP contribution in [-0.2, 0) is 13.2 Å². The summed E-state index contributed by atoms with van der Waals surface area (Å²) < 4.78 is 6.06. The summed E-state index contributed by atoms with van der Waals surface area (Å²) in [5, 5.41) is 36.7. The van der Waals surface area contributed by atoms with E-state index >= 15 is 0 Å². The van der Waals surface area contributed by atoms with Crippen molar-refractivity contribution < 1.29 is 24.9 Å². The van der Waals surface area contributed by atoms with Gasteiger partial charge in [0.2, 0.25) is 5.56 Å². The number of nitrogens with one attached hydrogen (secondary N) is 3. The summed E-state index contributed by atoms with van der Waals surface area (Å²) in [5.41, 5.74) is 4.13. The number of aliphatic hydroxyl groups is 1. The van der Waals surface area contributed by atoms with Crippen molar-refractivity contribution in [3.8, 4) is 11.5 Å². The first kappa shape index (κ1) is 28.4. The maximum Gasteiger partial charge on any atom is 0.405 e. The lowest BCUT2D eigenvalue weighted by Crippen LogP contribution is -2.27. The van der Waals surface area contributed by atoms with Gasteiger partial charge in [-0.05, 0) is 52.1 Å². The molecule has 6 N–H and O–H groups in total. The fourth-order valence-corrected chi connectivity index (χ4v) is 4.92. The normalized spacial score (nSPS) is 12.5. The highest BCUT2D eigenvalue weighted by atomic mass is 16.5. The zero-order chi connectivity index (χ0) is 29.5. The van der Waals surface area contributed by atoms with Crippen molar-refractivity contribution in [3.63, 3.8) is 0 Å². The number of fused-ring (bicyclic) bond motifs is 1. The SMILES string of the molecule is O=C(O)N[C@@H](c1ccccc1)c1cccc(OCc2cccc(CNC[C@H](O)c3ccc(O)c4[nH]c(=O)ccc34)c2)c1. The number of phenols is 1. The Balaban J connectivity index is 1.20. The Morgan fingerprint density at radius 1 is 0.857 bits per heavy atom. The van der Waals surface area contributed by atoms with E-state index in [1.165, 1.54) is 12.1 Å². The van der Waals surface area contributed by atoms with Gasteiger partial charge in [-0.15, -0.1) is 0 Å². The number of aromatic nitrogens is 1. The third-order valence-electron chi connectivity index (χ3n) is 6.92. The predicted molar refractivity (Wildman–Crippen MR) is 160 cm³/mol. The topological polar surface area (TPSA) is 144 Å². The number of aromatic hydroxyl groups is 1. The number of benzene rings is 4. The predicted octanol–water partition coefficient (Wildman–Crippen LogP) is 4.99. The van der Waals surface area contributed by atoms with Crippen LogP contribution in [0, 0.1) is 0 Å². The number of amides is 1. The van der Waals surface area contributed by atoms with Gasteiger partial charge >= 0.3 is 6.09 Å². The van der Waals surface area contributed by atoms with E-state index in [0.29, 0.717) is 35.4 Å². The molecule has 4 aromatic carbocycles. The van der Waals surface area contributed by atoms with E-state index in [1.54, 1.807) is 12.1 Å². The second-order valence-electron chi connectivity index (χ2n) is 9.91. The van der Waals surface area contributed by atoms with E-state index in [1.807, 2.05) is 78.9 Å². The lowest BCUT2D eigenvalue weighted by atomic mass is 9.98. The molecule has 0 aliphatic rings. The summed E-state index contributed by atoms with van der Waals surface area (Å²) in [7, 11) is 0. The zero-order valence-electron chi connectivity index (χ0n) is 22.7. The molecule has 0 saturated heterocycles. The molecule has 5 rings (SSSR count). The average Bonchev–Trinajstić information content (AvgIpc) is 3.00. The minimum absolute atomic E-state index is 0.0506. The van der Waals surface area contributed by atoms with Crippen LogP contribution in [0.1, 0.15) is 40.0 Å². The highest BCUT2D eigenvalue weighted by Gasteiger charge is 2.17. The number of hydrogen-bond acceptors (Lipinski definition) is 6. The summed E-state index contributed by atoms with van der Waals surface area (Å²) in [5.74, 6) is 0.569. The molecule has 0 spiro atoms. The van der Waals surface area contributed by atoms with Crippen LogP contribution in [0.2, 0.25) is 0 Å². The van der Waals surface area contributed by atoms with Gasteiger partial charge in [0.15, 0.2) is 0 Å². The summed E-state index contributed by atoms with van der Waals surface area (Å²) in [6, 6.07) is 30.2. The molecule has 0 aliphatic carbocycles. The summed E-state index contributed by atoms with van der Waals surface area (Å²) in [4.78, 5) is 25.7. The standard InChI is InChI=1S/C33H31N3O6/c37-28-14-12-26(27-13-15-30(39)35-32(27)28)29(38)19-34-18-21-6-4-7-22(16-21)20-42-25-11-5-10-24(17-25)31(36-33(40)41)23-8-2-1-3-9-23/h1-17,29,31,34,36-38H,18-20H2,(H,35,39)(H,40,41)/t29-,31-/m0/s1. The van der Waals surface area contributed by atoms with Crippen LogP contribution < -0.4 is 20.9 Å². The molecule has 5 aromatic rings. The van der Waals surface area contributed by atoms with Gasteiger partial charge in [-0.3, -0.25) is 4.79 Å². The highest BCUT2D eigenvalue weighted by Crippen LogP contribution is 2.29. The van der Waals surface area contributed by atoms with Crippen LogP contribution in [0.4, 0.5) is 4.79 Å². The first-order valence-electron chi connectivity index (χ1n) is 13.5. The van der Waals surface area contributed by atoms with Crippen molar-refractivity contribution in [2.24, 2.45) is 0 Å². The second-order valence-corrected chi connectivity index (χ2v) is 9.91. The quantitative estimate of drug-likeness (QED) is 0.132. The average molecular weight is 566 g/mol. The Morgan fingerprint density at radius 3 is 2.43 bits per heavy atom. The summed E-state index contributed by atoms with van der Waals surface area (Å²) in [6.45, 7) is 1.09. The van der Waals surface area contributed by atoms with E-state index in [-0.39, 0.29) is 17.9 Å². The number of phenolic OH excluding ortho intramolecular Hbond substituents is 1. The van der Waals surface area contributed by atoms with Gasteiger partial charge in [0, 0.05) is 24.5 Å². The van der Waals surface area contributed by atoms with E-state index in [4.69, 9.17) is 4.74 Å². The largest absolute Gasteiger partial charge is 0.506 e. The number of aliphatic hydroxyl groups excluding tert-OH is 1. The number of aromatic amines is 1. The number of carboxylic acid groups (broad SMARTS) is 1. The van der Waals surface area contributed by atoms with Crippen molar-refractivity contribution in [1.29, 1.82) is 0 Å². The molecular weight excluding hydrogens is 534 g/mol. The van der Waals surface area contributed by atoms with Gasteiger partial charge in [0.1, 0.15) is 18.1 Å². The smallest absolute Gasteiger partial charge is 0.405 e. The maximum absolute atomic E-state index is 11.7. The van der Waals surface area contributed by atoms with Crippen molar-refractivity contribution in [3.05, 3.63) is 141 Å². The van der Waals surface area contributed by atoms with Crippen LogP contribution in [0.15, 0.2) is 108 Å². The first-order chi connectivity index (χ1) is 20.4. The van der Waals surface area contributed by atoms with Crippen molar-refractivity contribution in [1.82, 2.24) is 15.6 Å². The zero-order valence-corrected chi connectivity index (χ0v) is 22.7. The molecule has 2 atom stereocenters. The second kappa shape index (κ2) is 13.0. The molecule has 214 valence electrons. The number of rotatable bonds is 11. The molecule has 0 unspecified atom stereocenters. The number of carbonyl (C=O) groups is 1. The molecule has 9 nitrogen and oxygen atoms in total. The molecule has 0 saturated carbocycles. The van der Waals surface area contributed by atoms with E-state index in [2.05, 4.69) is 15.6 Å². The number of hydrogen-bond donors (Lipinski definition) is 6. The minimum Gasteiger partial charge on any atom is -0.506 e.